The highest BCUT2D eigenvalue weighted by Crippen LogP contribution is 2.63. The highest BCUT2D eigenvalue weighted by molar-refractivity contribution is 6.17. The molecule has 9 aromatic carbocycles. The Morgan fingerprint density at radius 2 is 0.860 bits per heavy atom. The van der Waals surface area contributed by atoms with Crippen molar-refractivity contribution in [3.05, 3.63) is 241 Å². The minimum atomic E-state index is -0.434. The molecule has 10 aromatic rings. The second-order valence-corrected chi connectivity index (χ2v) is 15.2. The van der Waals surface area contributed by atoms with E-state index < -0.39 is 5.41 Å². The Morgan fingerprint density at radius 1 is 0.333 bits per heavy atom. The first kappa shape index (κ1) is 31.9. The number of benzene rings is 9. The molecule has 0 radical (unpaired) electrons. The van der Waals surface area contributed by atoms with E-state index in [1.165, 1.54) is 77.4 Å². The maximum absolute atomic E-state index is 2.49. The first-order valence-corrected chi connectivity index (χ1v) is 19.8. The molecule has 0 saturated heterocycles. The molecule has 0 bridgehead atoms. The van der Waals surface area contributed by atoms with Crippen molar-refractivity contribution in [2.24, 2.45) is 0 Å². The first-order chi connectivity index (χ1) is 28.3. The van der Waals surface area contributed by atoms with Gasteiger partial charge in [-0.25, -0.2) is 0 Å². The van der Waals surface area contributed by atoms with Gasteiger partial charge >= 0.3 is 0 Å². The lowest BCUT2D eigenvalue weighted by Crippen LogP contribution is -2.26. The van der Waals surface area contributed by atoms with E-state index in [9.17, 15) is 0 Å². The third kappa shape index (κ3) is 4.47. The van der Waals surface area contributed by atoms with Crippen molar-refractivity contribution in [2.45, 2.75) is 5.41 Å². The smallest absolute Gasteiger partial charge is 0.0726 e. The Hall–Kier alpha value is -7.42. The number of para-hydroxylation sites is 3. The maximum Gasteiger partial charge on any atom is 0.0726 e. The minimum Gasteiger partial charge on any atom is -0.310 e. The Labute approximate surface area is 332 Å². The highest BCUT2D eigenvalue weighted by Gasteiger charge is 2.51. The second-order valence-electron chi connectivity index (χ2n) is 15.2. The summed E-state index contributed by atoms with van der Waals surface area (Å²) >= 11 is 0. The van der Waals surface area contributed by atoms with Crippen molar-refractivity contribution < 1.29 is 0 Å². The Kier molecular flexibility index (Phi) is 6.88. The van der Waals surface area contributed by atoms with Gasteiger partial charge in [0.25, 0.3) is 0 Å². The SMILES string of the molecule is c1ccc(-c2cc(N(c3ccccc3)c3ccc4c(c3)C3(c5ccccc5-c5ccccc53)c3ccccc3-4)cc3c2c2ccccc2n3-c2ccccc2)cc1. The number of nitrogens with zero attached hydrogens (tertiary/aromatic N) is 2. The molecule has 12 rings (SSSR count). The molecule has 0 N–H and O–H groups in total. The summed E-state index contributed by atoms with van der Waals surface area (Å²) in [6.07, 6.45) is 0. The van der Waals surface area contributed by atoms with Gasteiger partial charge in [0, 0.05) is 33.5 Å². The summed E-state index contributed by atoms with van der Waals surface area (Å²) < 4.78 is 2.44. The molecule has 1 aromatic heterocycles. The molecule has 0 aliphatic heterocycles. The summed E-state index contributed by atoms with van der Waals surface area (Å²) in [6.45, 7) is 0. The van der Waals surface area contributed by atoms with Crippen molar-refractivity contribution in [1.29, 1.82) is 0 Å². The van der Waals surface area contributed by atoms with Gasteiger partial charge in [-0.2, -0.15) is 0 Å². The van der Waals surface area contributed by atoms with E-state index in [0.717, 1.165) is 22.7 Å². The maximum atomic E-state index is 2.49. The second kappa shape index (κ2) is 12.3. The van der Waals surface area contributed by atoms with Crippen LogP contribution >= 0.6 is 0 Å². The molecule has 2 nitrogen and oxygen atoms in total. The van der Waals surface area contributed by atoms with Gasteiger partial charge in [0.15, 0.2) is 0 Å². The lowest BCUT2D eigenvalue weighted by atomic mass is 9.70. The zero-order valence-corrected chi connectivity index (χ0v) is 31.2. The highest BCUT2D eigenvalue weighted by atomic mass is 15.1. The predicted octanol–water partition coefficient (Wildman–Crippen LogP) is 14.3. The summed E-state index contributed by atoms with van der Waals surface area (Å²) in [7, 11) is 0. The molecule has 1 spiro atoms. The van der Waals surface area contributed by atoms with Gasteiger partial charge in [-0.3, -0.25) is 0 Å². The lowest BCUT2D eigenvalue weighted by Gasteiger charge is -2.32. The standard InChI is InChI=1S/C55H36N2/c1-4-18-37(19-5-1)47-34-41(36-53-54(47)46-27-13-17-31-52(46)57(53)39-22-8-3-9-23-39)56(38-20-6-2-7-21-38)40-32-33-45-44-26-12-16-30-50(44)55(51(45)35-40)48-28-14-10-24-42(48)43-25-11-15-29-49(43)55/h1-36H. The van der Waals surface area contributed by atoms with Crippen molar-refractivity contribution in [3.63, 3.8) is 0 Å². The van der Waals surface area contributed by atoms with Crippen LogP contribution in [0.3, 0.4) is 0 Å². The molecule has 2 aliphatic carbocycles. The van der Waals surface area contributed by atoms with Crippen molar-refractivity contribution >= 4 is 38.9 Å². The molecule has 0 unspecified atom stereocenters. The zero-order chi connectivity index (χ0) is 37.5. The number of anilines is 3. The van der Waals surface area contributed by atoms with E-state index >= 15 is 0 Å². The van der Waals surface area contributed by atoms with E-state index in [0.29, 0.717) is 0 Å². The van der Waals surface area contributed by atoms with Crippen LogP contribution in [0.5, 0.6) is 0 Å². The Bertz CT molecular complexity index is 3110. The van der Waals surface area contributed by atoms with Crippen LogP contribution in [0.1, 0.15) is 22.3 Å². The number of rotatable bonds is 5. The quantitative estimate of drug-likeness (QED) is 0.172. The van der Waals surface area contributed by atoms with E-state index in [-0.39, 0.29) is 0 Å². The zero-order valence-electron chi connectivity index (χ0n) is 31.2. The van der Waals surface area contributed by atoms with Crippen LogP contribution in [0.2, 0.25) is 0 Å². The third-order valence-corrected chi connectivity index (χ3v) is 12.4. The van der Waals surface area contributed by atoms with Crippen LogP contribution in [0.4, 0.5) is 17.1 Å². The fraction of sp³-hybridized carbons (Fsp3) is 0.0182. The van der Waals surface area contributed by atoms with Gasteiger partial charge in [0.05, 0.1) is 16.4 Å². The average Bonchev–Trinajstić information content (AvgIpc) is 3.89. The molecule has 0 atom stereocenters. The molecule has 57 heavy (non-hydrogen) atoms. The van der Waals surface area contributed by atoms with Gasteiger partial charge in [0.2, 0.25) is 0 Å². The molecule has 2 aliphatic rings. The summed E-state index contributed by atoms with van der Waals surface area (Å²) in [5, 5.41) is 2.49. The summed E-state index contributed by atoms with van der Waals surface area (Å²) in [5.41, 5.74) is 19.4. The van der Waals surface area contributed by atoms with Crippen molar-refractivity contribution in [1.82, 2.24) is 4.57 Å². The van der Waals surface area contributed by atoms with Gasteiger partial charge in [-0.05, 0) is 110 Å². The largest absolute Gasteiger partial charge is 0.310 e. The molecule has 1 heterocycles. The lowest BCUT2D eigenvalue weighted by molar-refractivity contribution is 0.793. The van der Waals surface area contributed by atoms with Crippen LogP contribution < -0.4 is 4.90 Å². The van der Waals surface area contributed by atoms with E-state index in [1.54, 1.807) is 0 Å². The topological polar surface area (TPSA) is 8.17 Å². The van der Waals surface area contributed by atoms with Crippen LogP contribution in [0, 0.1) is 0 Å². The van der Waals surface area contributed by atoms with E-state index in [2.05, 4.69) is 228 Å². The van der Waals surface area contributed by atoms with E-state index in [1.807, 2.05) is 0 Å². The van der Waals surface area contributed by atoms with Crippen LogP contribution in [-0.4, -0.2) is 4.57 Å². The third-order valence-electron chi connectivity index (χ3n) is 12.4. The summed E-state index contributed by atoms with van der Waals surface area (Å²) in [5.74, 6) is 0. The van der Waals surface area contributed by atoms with Gasteiger partial charge in [-0.1, -0.05) is 164 Å². The van der Waals surface area contributed by atoms with Gasteiger partial charge in [-0.15, -0.1) is 0 Å². The molecule has 266 valence electrons. The number of hydrogen-bond acceptors (Lipinski definition) is 1. The van der Waals surface area contributed by atoms with Gasteiger partial charge in [0.1, 0.15) is 0 Å². The normalized spacial score (nSPS) is 13.1. The first-order valence-electron chi connectivity index (χ1n) is 19.8. The number of aromatic nitrogens is 1. The molecule has 0 fully saturated rings. The molecule has 0 saturated carbocycles. The Balaban J connectivity index is 1.17. The minimum absolute atomic E-state index is 0.434. The Morgan fingerprint density at radius 3 is 1.51 bits per heavy atom. The van der Waals surface area contributed by atoms with Crippen LogP contribution in [0.15, 0.2) is 218 Å². The predicted molar refractivity (Wildman–Crippen MR) is 237 cm³/mol. The summed E-state index contributed by atoms with van der Waals surface area (Å²) in [6, 6.07) is 80.5. The van der Waals surface area contributed by atoms with Gasteiger partial charge < -0.3 is 9.47 Å². The summed E-state index contributed by atoms with van der Waals surface area (Å²) in [4.78, 5) is 2.46. The fourth-order valence-corrected chi connectivity index (χ4v) is 10.2. The average molecular weight is 725 g/mol. The molecule has 0 amide bonds. The van der Waals surface area contributed by atoms with Crippen molar-refractivity contribution in [3.8, 4) is 39.1 Å². The monoisotopic (exact) mass is 724 g/mol. The molecule has 2 heteroatoms. The van der Waals surface area contributed by atoms with Crippen LogP contribution in [0.25, 0.3) is 60.9 Å². The number of hydrogen-bond donors (Lipinski definition) is 0. The van der Waals surface area contributed by atoms with E-state index in [4.69, 9.17) is 0 Å². The molecular weight excluding hydrogens is 689 g/mol. The fourth-order valence-electron chi connectivity index (χ4n) is 10.2. The van der Waals surface area contributed by atoms with Crippen LogP contribution in [-0.2, 0) is 5.41 Å². The van der Waals surface area contributed by atoms with Crippen molar-refractivity contribution in [2.75, 3.05) is 4.90 Å². The number of fused-ring (bicyclic) bond motifs is 13. The molecular formula is C55H36N2.